The molecule has 2 heterocycles. The van der Waals surface area contributed by atoms with E-state index in [0.29, 0.717) is 16.8 Å². The van der Waals surface area contributed by atoms with Crippen molar-refractivity contribution in [2.75, 3.05) is 14.1 Å². The van der Waals surface area contributed by atoms with Crippen molar-refractivity contribution >= 4 is 27.3 Å². The molecule has 2 aromatic carbocycles. The van der Waals surface area contributed by atoms with Crippen LogP contribution in [-0.2, 0) is 21.4 Å². The van der Waals surface area contributed by atoms with Crippen molar-refractivity contribution < 1.29 is 17.9 Å². The third-order valence-corrected chi connectivity index (χ3v) is 7.44. The molecule has 0 spiro atoms. The van der Waals surface area contributed by atoms with Gasteiger partial charge in [-0.1, -0.05) is 36.4 Å². The molecule has 2 aromatic heterocycles. The average Bonchev–Trinajstić information content (AvgIpc) is 3.48. The van der Waals surface area contributed by atoms with Crippen LogP contribution in [0.4, 0.5) is 0 Å². The van der Waals surface area contributed by atoms with Crippen molar-refractivity contribution in [3.63, 3.8) is 0 Å². The van der Waals surface area contributed by atoms with Gasteiger partial charge in [0.15, 0.2) is 0 Å². The molecule has 0 amide bonds. The van der Waals surface area contributed by atoms with Crippen LogP contribution in [0.3, 0.4) is 0 Å². The molecule has 0 fully saturated rings. The molecule has 4 rings (SSSR count). The smallest absolute Gasteiger partial charge is 0.342 e. The summed E-state index contributed by atoms with van der Waals surface area (Å²) < 4.78 is 33.1. The van der Waals surface area contributed by atoms with Gasteiger partial charge in [-0.25, -0.2) is 22.2 Å². The molecule has 7 nitrogen and oxygen atoms in total. The predicted molar refractivity (Wildman–Crippen MR) is 123 cm³/mol. The zero-order chi connectivity index (χ0) is 22.7. The fraction of sp³-hybridized carbons (Fsp3) is 0.130. The number of rotatable bonds is 7. The predicted octanol–water partition coefficient (Wildman–Crippen LogP) is 4.21. The molecular formula is C23H21N3O4S2. The highest BCUT2D eigenvalue weighted by Crippen LogP contribution is 2.28. The van der Waals surface area contributed by atoms with Crippen molar-refractivity contribution in [3.8, 4) is 16.3 Å². The van der Waals surface area contributed by atoms with Gasteiger partial charge in [-0.3, -0.25) is 0 Å². The van der Waals surface area contributed by atoms with E-state index in [1.54, 1.807) is 23.0 Å². The highest BCUT2D eigenvalue weighted by molar-refractivity contribution is 7.89. The first-order valence-corrected chi connectivity index (χ1v) is 12.1. The summed E-state index contributed by atoms with van der Waals surface area (Å²) in [6.07, 6.45) is 1.65. The lowest BCUT2D eigenvalue weighted by molar-refractivity contribution is 0.0473. The Morgan fingerprint density at radius 3 is 2.53 bits per heavy atom. The van der Waals surface area contributed by atoms with Crippen molar-refractivity contribution in [2.24, 2.45) is 0 Å². The molecule has 0 radical (unpaired) electrons. The average molecular weight is 468 g/mol. The number of para-hydroxylation sites is 1. The summed E-state index contributed by atoms with van der Waals surface area (Å²) in [6, 6.07) is 19.7. The van der Waals surface area contributed by atoms with Crippen molar-refractivity contribution in [3.05, 3.63) is 89.4 Å². The normalized spacial score (nSPS) is 11.6. The highest BCUT2D eigenvalue weighted by Gasteiger charge is 2.21. The topological polar surface area (TPSA) is 81.5 Å². The molecule has 0 N–H and O–H groups in total. The zero-order valence-electron chi connectivity index (χ0n) is 17.5. The van der Waals surface area contributed by atoms with Crippen LogP contribution in [0.25, 0.3) is 16.3 Å². The van der Waals surface area contributed by atoms with Gasteiger partial charge in [-0.05, 0) is 41.3 Å². The number of thiophene rings is 1. The summed E-state index contributed by atoms with van der Waals surface area (Å²) in [5.74, 6) is -0.531. The van der Waals surface area contributed by atoms with Gasteiger partial charge >= 0.3 is 5.97 Å². The minimum absolute atomic E-state index is 0.0595. The molecule has 0 bridgehead atoms. The molecule has 0 aliphatic carbocycles. The molecule has 0 atom stereocenters. The standard InChI is InChI=1S/C23H21N3O4S2/c1-25(2)32(28,29)19-11-6-8-17(14-19)16-30-23(27)20-15-26(18-9-4-3-5-10-18)24-22(20)21-12-7-13-31-21/h3-15H,16H2,1-2H3. The van der Waals surface area contributed by atoms with Gasteiger partial charge in [0.1, 0.15) is 17.9 Å². The number of ether oxygens (including phenoxy) is 1. The monoisotopic (exact) mass is 467 g/mol. The summed E-state index contributed by atoms with van der Waals surface area (Å²) in [6.45, 7) is -0.0595. The lowest BCUT2D eigenvalue weighted by Crippen LogP contribution is -2.22. The van der Waals surface area contributed by atoms with Gasteiger partial charge in [-0.15, -0.1) is 11.3 Å². The number of hydrogen-bond acceptors (Lipinski definition) is 6. The van der Waals surface area contributed by atoms with E-state index in [1.807, 2.05) is 47.8 Å². The van der Waals surface area contributed by atoms with Gasteiger partial charge in [0.25, 0.3) is 0 Å². The zero-order valence-corrected chi connectivity index (χ0v) is 19.1. The Bertz CT molecular complexity index is 1330. The second-order valence-corrected chi connectivity index (χ2v) is 10.3. The summed E-state index contributed by atoms with van der Waals surface area (Å²) in [5, 5.41) is 6.53. The Hall–Kier alpha value is -3.27. The number of hydrogen-bond donors (Lipinski definition) is 0. The number of carbonyl (C=O) groups excluding carboxylic acids is 1. The molecule has 9 heteroatoms. The van der Waals surface area contributed by atoms with Crippen molar-refractivity contribution in [1.29, 1.82) is 0 Å². The van der Waals surface area contributed by atoms with Gasteiger partial charge < -0.3 is 4.74 Å². The van der Waals surface area contributed by atoms with E-state index in [2.05, 4.69) is 5.10 Å². The maximum absolute atomic E-state index is 13.0. The van der Waals surface area contributed by atoms with Crippen LogP contribution in [0.1, 0.15) is 15.9 Å². The fourth-order valence-corrected chi connectivity index (χ4v) is 4.76. The number of esters is 1. The van der Waals surface area contributed by atoms with E-state index in [0.717, 1.165) is 14.9 Å². The minimum atomic E-state index is -3.57. The first-order valence-electron chi connectivity index (χ1n) is 9.74. The molecule has 0 aliphatic heterocycles. The Morgan fingerprint density at radius 2 is 1.84 bits per heavy atom. The van der Waals surface area contributed by atoms with Crippen LogP contribution in [-0.4, -0.2) is 42.6 Å². The third kappa shape index (κ3) is 4.50. The Kier molecular flexibility index (Phi) is 6.22. The fourth-order valence-electron chi connectivity index (χ4n) is 3.06. The molecule has 0 aliphatic rings. The maximum atomic E-state index is 13.0. The van der Waals surface area contributed by atoms with E-state index in [4.69, 9.17) is 4.74 Å². The van der Waals surface area contributed by atoms with Crippen LogP contribution in [0, 0.1) is 0 Å². The summed E-state index contributed by atoms with van der Waals surface area (Å²) in [4.78, 5) is 14.0. The molecule has 32 heavy (non-hydrogen) atoms. The molecule has 4 aromatic rings. The van der Waals surface area contributed by atoms with E-state index in [-0.39, 0.29) is 11.5 Å². The largest absolute Gasteiger partial charge is 0.457 e. The number of carbonyl (C=O) groups is 1. The summed E-state index contributed by atoms with van der Waals surface area (Å²) >= 11 is 1.48. The number of aromatic nitrogens is 2. The van der Waals surface area contributed by atoms with E-state index >= 15 is 0 Å². The SMILES string of the molecule is CN(C)S(=O)(=O)c1cccc(COC(=O)c2cn(-c3ccccc3)nc2-c2cccs2)c1. The minimum Gasteiger partial charge on any atom is -0.457 e. The van der Waals surface area contributed by atoms with Gasteiger partial charge in [-0.2, -0.15) is 5.10 Å². The van der Waals surface area contributed by atoms with Crippen LogP contribution >= 0.6 is 11.3 Å². The van der Waals surface area contributed by atoms with Crippen LogP contribution < -0.4 is 0 Å². The number of nitrogens with zero attached hydrogens (tertiary/aromatic N) is 3. The lowest BCUT2D eigenvalue weighted by atomic mass is 10.2. The first-order chi connectivity index (χ1) is 15.4. The third-order valence-electron chi connectivity index (χ3n) is 4.76. The van der Waals surface area contributed by atoms with Crippen LogP contribution in [0.15, 0.2) is 83.2 Å². The van der Waals surface area contributed by atoms with Crippen LogP contribution in [0.2, 0.25) is 0 Å². The Morgan fingerprint density at radius 1 is 1.06 bits per heavy atom. The number of sulfonamides is 1. The Balaban J connectivity index is 1.60. The van der Waals surface area contributed by atoms with E-state index < -0.39 is 16.0 Å². The highest BCUT2D eigenvalue weighted by atomic mass is 32.2. The lowest BCUT2D eigenvalue weighted by Gasteiger charge is -2.12. The van der Waals surface area contributed by atoms with E-state index in [9.17, 15) is 13.2 Å². The Labute approximate surface area is 190 Å². The second kappa shape index (κ2) is 9.07. The first kappa shape index (κ1) is 21.9. The van der Waals surface area contributed by atoms with Gasteiger partial charge in [0.2, 0.25) is 10.0 Å². The summed E-state index contributed by atoms with van der Waals surface area (Å²) in [5.41, 5.74) is 2.28. The second-order valence-electron chi connectivity index (χ2n) is 7.16. The van der Waals surface area contributed by atoms with Crippen LogP contribution in [0.5, 0.6) is 0 Å². The van der Waals surface area contributed by atoms with Gasteiger partial charge in [0.05, 0.1) is 15.5 Å². The molecule has 0 saturated carbocycles. The molecule has 0 saturated heterocycles. The van der Waals surface area contributed by atoms with Crippen molar-refractivity contribution in [1.82, 2.24) is 14.1 Å². The van der Waals surface area contributed by atoms with Crippen molar-refractivity contribution in [2.45, 2.75) is 11.5 Å². The molecule has 164 valence electrons. The van der Waals surface area contributed by atoms with E-state index in [1.165, 1.54) is 37.6 Å². The molecular weight excluding hydrogens is 446 g/mol. The summed E-state index contributed by atoms with van der Waals surface area (Å²) in [7, 11) is -0.631. The quantitative estimate of drug-likeness (QED) is 0.380. The molecule has 0 unspecified atom stereocenters. The maximum Gasteiger partial charge on any atom is 0.342 e. The number of benzene rings is 2. The van der Waals surface area contributed by atoms with Gasteiger partial charge in [0, 0.05) is 20.3 Å².